The van der Waals surface area contributed by atoms with Gasteiger partial charge in [-0.15, -0.1) is 0 Å². The van der Waals surface area contributed by atoms with Gasteiger partial charge in [-0.1, -0.05) is 212 Å². The molecule has 20 unspecified atom stereocenters. The van der Waals surface area contributed by atoms with Gasteiger partial charge in [0.15, 0.2) is 0 Å². The lowest BCUT2D eigenvalue weighted by Gasteiger charge is -2.25. The van der Waals surface area contributed by atoms with Gasteiger partial charge in [0.05, 0.1) is 0 Å². The number of hydrogen-bond donors (Lipinski definition) is 24. The number of nitrogens with two attached hydrogens (primary N) is 16. The zero-order valence-corrected chi connectivity index (χ0v) is 103. The van der Waals surface area contributed by atoms with E-state index < -0.39 is 0 Å². The van der Waals surface area contributed by atoms with E-state index in [0.29, 0.717) is 78.5 Å². The van der Waals surface area contributed by atoms with Crippen LogP contribution < -0.4 is 134 Å². The summed E-state index contributed by atoms with van der Waals surface area (Å²) in [5.41, 5.74) is 95.0. The predicted molar refractivity (Wildman–Crippen MR) is 669 cm³/mol. The first-order valence-corrected chi connectivity index (χ1v) is 64.6. The van der Waals surface area contributed by atoms with Crippen molar-refractivity contribution in [2.45, 2.75) is 630 Å². The van der Waals surface area contributed by atoms with Gasteiger partial charge in [-0.05, 0) is 415 Å². The van der Waals surface area contributed by atoms with E-state index in [2.05, 4.69) is 173 Å². The Bertz CT molecular complexity index is 2520. The number of rotatable bonds is 114. The van der Waals surface area contributed by atoms with Gasteiger partial charge in [-0.2, -0.15) is 0 Å². The van der Waals surface area contributed by atoms with Crippen LogP contribution in [-0.2, 0) is 0 Å². The molecule has 0 bridgehead atoms. The van der Waals surface area contributed by atoms with Crippen molar-refractivity contribution in [2.75, 3.05) is 157 Å². The van der Waals surface area contributed by atoms with Crippen molar-refractivity contribution in [3.8, 4) is 0 Å². The van der Waals surface area contributed by atoms with Crippen LogP contribution in [0.25, 0.3) is 0 Å². The number of unbranched alkanes of at least 4 members (excludes halogenated alkanes) is 31. The van der Waals surface area contributed by atoms with Crippen molar-refractivity contribution in [2.24, 2.45) is 91.7 Å². The summed E-state index contributed by atoms with van der Waals surface area (Å²) < 4.78 is 0. The Labute approximate surface area is 935 Å². The molecule has 0 saturated heterocycles. The molecule has 0 aromatic rings. The van der Waals surface area contributed by atoms with Crippen molar-refractivity contribution in [1.82, 2.24) is 62.1 Å². The molecule has 908 valence electrons. The average Bonchev–Trinajstić information content (AvgIpc) is 0.987. The van der Waals surface area contributed by atoms with Crippen LogP contribution in [0.2, 0.25) is 0 Å². The fraction of sp³-hybridized carbons (Fsp3) is 1.00. The Hall–Kier alpha value is -1.12. The Kier molecular flexibility index (Phi) is 121. The van der Waals surface area contributed by atoms with Crippen molar-refractivity contribution in [1.29, 1.82) is 0 Å². The lowest BCUT2D eigenvalue weighted by atomic mass is 10.0. The number of hydrogen-bond acceptors (Lipinski definition) is 28. The third-order valence-corrected chi connectivity index (χ3v) is 29.5. The minimum Gasteiger partial charge on any atom is -0.328 e. The normalized spacial score (nSPS) is 16.1. The van der Waals surface area contributed by atoms with Crippen molar-refractivity contribution in [3.63, 3.8) is 0 Å². The topological polar surface area (TPSA) is 526 Å². The second-order valence-corrected chi connectivity index (χ2v) is 49.0. The third-order valence-electron chi connectivity index (χ3n) is 29.5. The van der Waals surface area contributed by atoms with Crippen LogP contribution in [0.15, 0.2) is 0 Å². The van der Waals surface area contributed by atoms with Gasteiger partial charge in [-0.25, -0.2) is 0 Å². The summed E-state index contributed by atoms with van der Waals surface area (Å²) in [6.07, 6.45) is 76.9. The highest BCUT2D eigenvalue weighted by atomic mass is 15.2. The van der Waals surface area contributed by atoms with Crippen LogP contribution in [0, 0.1) is 0 Å². The molecule has 0 heterocycles. The largest absolute Gasteiger partial charge is 0.328 e. The van der Waals surface area contributed by atoms with Gasteiger partial charge in [0.2, 0.25) is 0 Å². The summed E-state index contributed by atoms with van der Waals surface area (Å²) in [7, 11) is 0. The first-order valence-electron chi connectivity index (χ1n) is 64.6. The molecule has 0 saturated carbocycles. The molecule has 0 rings (SSSR count). The average molecular weight is 2140 g/mol. The zero-order chi connectivity index (χ0) is 112. The van der Waals surface area contributed by atoms with Crippen LogP contribution in [0.1, 0.15) is 509 Å². The molecule has 20 atom stereocenters. The smallest absolute Gasteiger partial charge is 0.0192 e. The van der Waals surface area contributed by atoms with Gasteiger partial charge in [-0.3, -0.25) is 0 Å². The fourth-order valence-corrected chi connectivity index (χ4v) is 19.3. The van der Waals surface area contributed by atoms with Gasteiger partial charge in [0.25, 0.3) is 0 Å². The van der Waals surface area contributed by atoms with Crippen molar-refractivity contribution < 1.29 is 0 Å². The molecule has 0 aromatic carbocycles. The van der Waals surface area contributed by atoms with Gasteiger partial charge in [0.1, 0.15) is 0 Å². The SMILES string of the molecule is CC(N)CCCCCCCN(CCCCCNCC(CCCCCCC(C)N)NCCC(C)N)CCC(C)N.CC(N)CCCCCCCN(CCCCNCC(CCCCCCC(C)N)NCCC(C)N)CCC(C)N.CC(N)CCCCCCCN(CCCNCC(CCCCCCC(C)N)NCCC(C)N)CCC(C)N.CC(N)CCCCCCCN(CCNCC(CCCCCCC(C)N)NCCC(C)N)CCC(C)N. The Morgan fingerprint density at radius 1 is 0.120 bits per heavy atom. The molecule has 0 spiro atoms. The molecular weight excluding hydrogens is 1860 g/mol. The fourth-order valence-electron chi connectivity index (χ4n) is 19.3. The molecule has 0 fully saturated rings. The number of nitrogens with one attached hydrogen (secondary N) is 8. The quantitative estimate of drug-likeness (QED) is 0.0251. The minimum absolute atomic E-state index is 0.257. The molecule has 150 heavy (non-hydrogen) atoms. The standard InChI is InChI=1S/C32H73N7.C31H71N7.C30H69N7.C29H67N7/c1-28(33)17-11-6-5-9-15-24-39(26-21-31(4)36)25-16-10-14-22-37-27-32(38-23-20-30(3)35)19-13-8-7-12-18-29(2)34;1-27(32)16-10-6-5-9-14-23-38(25-20-30(4)35)24-15-13-21-36-26-31(37-22-19-29(3)34)18-12-8-7-11-17-28(2)33;1-26(31)15-10-6-5-9-13-22-37(24-19-29(4)34)23-14-20-35-25-30(36-21-18-28(3)33)17-12-8-7-11-16-27(2)32;1-25(30)14-10-6-5-9-13-21-36(22-18-28(4)33)23-20-34-24-29(35-19-17-27(3)32)16-12-8-7-11-15-26(2)31/h28-32,37-38H,5-27,33-36H2,1-4H3;27-31,36-37H,5-26,32-35H2,1-4H3;26-30,35-36H,5-25,31-34H2,1-4H3;25-29,34-35H,5-24,30-33H2,1-4H3. The van der Waals surface area contributed by atoms with Crippen LogP contribution in [0.5, 0.6) is 0 Å². The first kappa shape index (κ1) is 155. The summed E-state index contributed by atoms with van der Waals surface area (Å²) in [5, 5.41) is 30.0. The van der Waals surface area contributed by atoms with E-state index in [0.717, 1.165) is 221 Å². The maximum atomic E-state index is 6.06. The first-order chi connectivity index (χ1) is 71.8. The maximum absolute atomic E-state index is 6.06. The predicted octanol–water partition coefficient (Wildman–Crippen LogP) is 17.1. The Balaban J connectivity index is -0.000000948. The molecule has 28 nitrogen and oxygen atoms in total. The monoisotopic (exact) mass is 2140 g/mol. The molecule has 0 amide bonds. The molecule has 40 N–H and O–H groups in total. The van der Waals surface area contributed by atoms with Crippen LogP contribution >= 0.6 is 0 Å². The van der Waals surface area contributed by atoms with Crippen molar-refractivity contribution in [3.05, 3.63) is 0 Å². The maximum Gasteiger partial charge on any atom is 0.0192 e. The molecule has 0 aliphatic rings. The Morgan fingerprint density at radius 2 is 0.260 bits per heavy atom. The summed E-state index contributed by atoms with van der Waals surface area (Å²) in [6, 6.07) is 7.04. The van der Waals surface area contributed by atoms with E-state index >= 15 is 0 Å². The lowest BCUT2D eigenvalue weighted by molar-refractivity contribution is 0.252. The highest BCUT2D eigenvalue weighted by Crippen LogP contribution is 2.19. The van der Waals surface area contributed by atoms with E-state index in [1.54, 1.807) is 0 Å². The summed E-state index contributed by atoms with van der Waals surface area (Å²) in [6.45, 7) is 60.2. The van der Waals surface area contributed by atoms with Gasteiger partial charge in [0, 0.05) is 160 Å². The second-order valence-electron chi connectivity index (χ2n) is 49.0. The van der Waals surface area contributed by atoms with E-state index in [9.17, 15) is 0 Å². The summed E-state index contributed by atoms with van der Waals surface area (Å²) in [5.74, 6) is 0. The second kappa shape index (κ2) is 117. The molecule has 0 aliphatic heterocycles. The molecule has 0 aliphatic carbocycles. The van der Waals surface area contributed by atoms with E-state index in [4.69, 9.17) is 91.7 Å². The Morgan fingerprint density at radius 3 is 0.460 bits per heavy atom. The van der Waals surface area contributed by atoms with E-state index in [1.165, 1.54) is 335 Å². The van der Waals surface area contributed by atoms with Gasteiger partial charge < -0.3 is 154 Å². The van der Waals surface area contributed by atoms with E-state index in [-0.39, 0.29) is 42.3 Å². The number of nitrogens with zero attached hydrogens (tertiary/aromatic N) is 4. The highest BCUT2D eigenvalue weighted by molar-refractivity contribution is 4.80. The van der Waals surface area contributed by atoms with Crippen molar-refractivity contribution >= 4 is 0 Å². The van der Waals surface area contributed by atoms with Crippen LogP contribution in [-0.4, -0.2) is 298 Å². The lowest BCUT2D eigenvalue weighted by Crippen LogP contribution is -2.43. The van der Waals surface area contributed by atoms with E-state index in [1.807, 2.05) is 0 Å². The highest BCUT2D eigenvalue weighted by Gasteiger charge is 2.19. The van der Waals surface area contributed by atoms with Crippen LogP contribution in [0.3, 0.4) is 0 Å². The zero-order valence-electron chi connectivity index (χ0n) is 103. The van der Waals surface area contributed by atoms with Crippen LogP contribution in [0.4, 0.5) is 0 Å². The summed E-state index contributed by atoms with van der Waals surface area (Å²) in [4.78, 5) is 10.5. The minimum atomic E-state index is 0.257. The third kappa shape index (κ3) is 134. The molecule has 28 heteroatoms. The molecule has 0 aromatic heterocycles. The molecule has 0 radical (unpaired) electrons. The van der Waals surface area contributed by atoms with Gasteiger partial charge >= 0.3 is 0 Å². The summed E-state index contributed by atoms with van der Waals surface area (Å²) >= 11 is 0. The molecular formula is C122H280N28.